The normalized spacial score (nSPS) is 10.2. The summed E-state index contributed by atoms with van der Waals surface area (Å²) in [6, 6.07) is 11.5. The SMILES string of the molecule is CCCCN(C(=O)Nc1ccccc1F)c1ccc(C(=O)O)cc1. The van der Waals surface area contributed by atoms with Crippen LogP contribution in [-0.2, 0) is 0 Å². The van der Waals surface area contributed by atoms with Crippen molar-refractivity contribution in [1.29, 1.82) is 0 Å². The van der Waals surface area contributed by atoms with Crippen LogP contribution in [0.1, 0.15) is 30.1 Å². The van der Waals surface area contributed by atoms with Crippen LogP contribution in [-0.4, -0.2) is 23.7 Å². The zero-order valence-corrected chi connectivity index (χ0v) is 13.3. The lowest BCUT2D eigenvalue weighted by Crippen LogP contribution is -2.36. The van der Waals surface area contributed by atoms with E-state index in [-0.39, 0.29) is 11.3 Å². The van der Waals surface area contributed by atoms with Gasteiger partial charge in [0, 0.05) is 12.2 Å². The van der Waals surface area contributed by atoms with Crippen LogP contribution in [0.3, 0.4) is 0 Å². The van der Waals surface area contributed by atoms with Crippen molar-refractivity contribution in [2.45, 2.75) is 19.8 Å². The van der Waals surface area contributed by atoms with Crippen molar-refractivity contribution < 1.29 is 19.1 Å². The van der Waals surface area contributed by atoms with Crippen LogP contribution in [0, 0.1) is 5.82 Å². The Morgan fingerprint density at radius 1 is 1.12 bits per heavy atom. The number of anilines is 2. The fourth-order valence-corrected chi connectivity index (χ4v) is 2.19. The molecule has 0 atom stereocenters. The lowest BCUT2D eigenvalue weighted by molar-refractivity contribution is 0.0697. The third-order valence-corrected chi connectivity index (χ3v) is 3.52. The zero-order chi connectivity index (χ0) is 17.5. The number of nitrogens with one attached hydrogen (secondary N) is 1. The monoisotopic (exact) mass is 330 g/mol. The van der Waals surface area contributed by atoms with Crippen molar-refractivity contribution >= 4 is 23.4 Å². The number of benzene rings is 2. The molecule has 6 heteroatoms. The van der Waals surface area contributed by atoms with Crippen molar-refractivity contribution in [2.24, 2.45) is 0 Å². The van der Waals surface area contributed by atoms with Gasteiger partial charge in [-0.1, -0.05) is 25.5 Å². The quantitative estimate of drug-likeness (QED) is 0.826. The number of urea groups is 1. The van der Waals surface area contributed by atoms with Gasteiger partial charge in [0.25, 0.3) is 0 Å². The summed E-state index contributed by atoms with van der Waals surface area (Å²) in [6.07, 6.45) is 1.65. The largest absolute Gasteiger partial charge is 0.478 e. The Balaban J connectivity index is 2.22. The minimum atomic E-state index is -1.03. The number of halogens is 1. The van der Waals surface area contributed by atoms with Crippen molar-refractivity contribution in [2.75, 3.05) is 16.8 Å². The molecule has 0 unspecified atom stereocenters. The number of hydrogen-bond donors (Lipinski definition) is 2. The Labute approximate surface area is 139 Å². The molecule has 2 aromatic rings. The van der Waals surface area contributed by atoms with Gasteiger partial charge in [0.05, 0.1) is 11.3 Å². The molecule has 2 amide bonds. The molecule has 2 aromatic carbocycles. The fraction of sp³-hybridized carbons (Fsp3) is 0.222. The van der Waals surface area contributed by atoms with Crippen molar-refractivity contribution in [3.8, 4) is 0 Å². The number of carboxylic acid groups (broad SMARTS) is 1. The smallest absolute Gasteiger partial charge is 0.335 e. The summed E-state index contributed by atoms with van der Waals surface area (Å²) in [5.74, 6) is -1.54. The maximum atomic E-state index is 13.7. The molecule has 0 aliphatic carbocycles. The second kappa shape index (κ2) is 8.10. The average molecular weight is 330 g/mol. The van der Waals surface area contributed by atoms with Gasteiger partial charge in [-0.25, -0.2) is 14.0 Å². The zero-order valence-electron chi connectivity index (χ0n) is 13.3. The van der Waals surface area contributed by atoms with Crippen LogP contribution in [0.25, 0.3) is 0 Å². The summed E-state index contributed by atoms with van der Waals surface area (Å²) in [6.45, 7) is 2.45. The molecular formula is C18H19FN2O3. The third kappa shape index (κ3) is 4.32. The molecule has 24 heavy (non-hydrogen) atoms. The van der Waals surface area contributed by atoms with Crippen LogP contribution in [0.2, 0.25) is 0 Å². The van der Waals surface area contributed by atoms with E-state index in [0.717, 1.165) is 12.8 Å². The van der Waals surface area contributed by atoms with Crippen LogP contribution in [0.15, 0.2) is 48.5 Å². The van der Waals surface area contributed by atoms with E-state index in [4.69, 9.17) is 5.11 Å². The number of aromatic carboxylic acids is 1. The number of para-hydroxylation sites is 1. The van der Waals surface area contributed by atoms with Gasteiger partial charge < -0.3 is 10.4 Å². The van der Waals surface area contributed by atoms with E-state index < -0.39 is 17.8 Å². The van der Waals surface area contributed by atoms with Gasteiger partial charge in [-0.2, -0.15) is 0 Å². The summed E-state index contributed by atoms with van der Waals surface area (Å²) >= 11 is 0. The molecule has 126 valence electrons. The first-order valence-electron chi connectivity index (χ1n) is 7.69. The number of rotatable bonds is 6. The number of carbonyl (C=O) groups is 2. The molecule has 0 radical (unpaired) electrons. The molecule has 0 heterocycles. The summed E-state index contributed by atoms with van der Waals surface area (Å²) in [5, 5.41) is 11.5. The van der Waals surface area contributed by atoms with Gasteiger partial charge >= 0.3 is 12.0 Å². The van der Waals surface area contributed by atoms with Crippen LogP contribution in [0.4, 0.5) is 20.6 Å². The van der Waals surface area contributed by atoms with Gasteiger partial charge in [0.1, 0.15) is 5.82 Å². The molecule has 0 fully saturated rings. The van der Waals surface area contributed by atoms with Crippen molar-refractivity contribution in [3.05, 3.63) is 59.9 Å². The summed E-state index contributed by atoms with van der Waals surface area (Å²) in [5.41, 5.74) is 0.803. The number of amides is 2. The van der Waals surface area contributed by atoms with Gasteiger partial charge in [-0.15, -0.1) is 0 Å². The Hall–Kier alpha value is -2.89. The van der Waals surface area contributed by atoms with E-state index in [1.807, 2.05) is 6.92 Å². The predicted molar refractivity (Wildman–Crippen MR) is 91.1 cm³/mol. The first-order chi connectivity index (χ1) is 11.5. The second-order valence-electron chi connectivity index (χ2n) is 5.27. The minimum Gasteiger partial charge on any atom is -0.478 e. The highest BCUT2D eigenvalue weighted by atomic mass is 19.1. The Bertz CT molecular complexity index is 716. The van der Waals surface area contributed by atoms with Crippen LogP contribution >= 0.6 is 0 Å². The van der Waals surface area contributed by atoms with E-state index >= 15 is 0 Å². The summed E-state index contributed by atoms with van der Waals surface area (Å²) in [7, 11) is 0. The molecule has 0 bridgehead atoms. The summed E-state index contributed by atoms with van der Waals surface area (Å²) in [4.78, 5) is 24.9. The Morgan fingerprint density at radius 3 is 2.38 bits per heavy atom. The molecule has 0 aromatic heterocycles. The van der Waals surface area contributed by atoms with E-state index in [1.165, 1.54) is 29.2 Å². The lowest BCUT2D eigenvalue weighted by atomic mass is 10.2. The summed E-state index contributed by atoms with van der Waals surface area (Å²) < 4.78 is 13.7. The first-order valence-corrected chi connectivity index (χ1v) is 7.69. The van der Waals surface area contributed by atoms with Gasteiger partial charge in [0.2, 0.25) is 0 Å². The molecule has 2 rings (SSSR count). The number of carbonyl (C=O) groups excluding carboxylic acids is 1. The standard InChI is InChI=1S/C18H19FN2O3/c1-2-3-12-21(14-10-8-13(9-11-14)17(22)23)18(24)20-16-7-5-4-6-15(16)19/h4-11H,2-3,12H2,1H3,(H,20,24)(H,22,23). The van der Waals surface area contributed by atoms with Crippen LogP contribution in [0.5, 0.6) is 0 Å². The first kappa shape index (κ1) is 17.5. The third-order valence-electron chi connectivity index (χ3n) is 3.52. The number of nitrogens with zero attached hydrogens (tertiary/aromatic N) is 1. The Kier molecular flexibility index (Phi) is 5.89. The molecule has 5 nitrogen and oxygen atoms in total. The molecule has 0 aliphatic rings. The number of carboxylic acids is 1. The topological polar surface area (TPSA) is 69.6 Å². The molecule has 2 N–H and O–H groups in total. The van der Waals surface area contributed by atoms with E-state index in [9.17, 15) is 14.0 Å². The van der Waals surface area contributed by atoms with Crippen molar-refractivity contribution in [3.63, 3.8) is 0 Å². The van der Waals surface area contributed by atoms with Gasteiger partial charge in [-0.3, -0.25) is 4.90 Å². The highest BCUT2D eigenvalue weighted by molar-refractivity contribution is 6.02. The van der Waals surface area contributed by atoms with E-state index in [0.29, 0.717) is 12.2 Å². The van der Waals surface area contributed by atoms with E-state index in [2.05, 4.69) is 5.32 Å². The van der Waals surface area contributed by atoms with E-state index in [1.54, 1.807) is 24.3 Å². The average Bonchev–Trinajstić information content (AvgIpc) is 2.58. The minimum absolute atomic E-state index is 0.103. The molecule has 0 spiro atoms. The van der Waals surface area contributed by atoms with Crippen LogP contribution < -0.4 is 10.2 Å². The second-order valence-corrected chi connectivity index (χ2v) is 5.27. The predicted octanol–water partition coefficient (Wildman–Crippen LogP) is 4.36. The number of hydrogen-bond acceptors (Lipinski definition) is 2. The highest BCUT2D eigenvalue weighted by Gasteiger charge is 2.17. The molecule has 0 saturated carbocycles. The maximum absolute atomic E-state index is 13.7. The van der Waals surface area contributed by atoms with Gasteiger partial charge in [-0.05, 0) is 42.8 Å². The lowest BCUT2D eigenvalue weighted by Gasteiger charge is -2.23. The molecule has 0 saturated heterocycles. The fourth-order valence-electron chi connectivity index (χ4n) is 2.19. The highest BCUT2D eigenvalue weighted by Crippen LogP contribution is 2.19. The number of unbranched alkanes of at least 4 members (excludes halogenated alkanes) is 1. The van der Waals surface area contributed by atoms with Crippen molar-refractivity contribution in [1.82, 2.24) is 0 Å². The Morgan fingerprint density at radius 2 is 1.79 bits per heavy atom. The van der Waals surface area contributed by atoms with Gasteiger partial charge in [0.15, 0.2) is 0 Å². The maximum Gasteiger partial charge on any atom is 0.335 e. The molecule has 0 aliphatic heterocycles. The molecular weight excluding hydrogens is 311 g/mol.